The minimum absolute atomic E-state index is 0.169. The van der Waals surface area contributed by atoms with Crippen LogP contribution in [0.5, 0.6) is 0 Å². The standard InChI is InChI=1S/C15H17FN4O/c1-10(2)19-14-7-6-11(8-17-14)15(21)18-9-12-4-3-5-13(16)20-12/h3-8,10H,9H2,1-2H3,(H,17,19)(H,18,21). The lowest BCUT2D eigenvalue weighted by atomic mass is 10.2. The fourth-order valence-electron chi connectivity index (χ4n) is 1.73. The Hall–Kier alpha value is -2.50. The Balaban J connectivity index is 1.94. The Morgan fingerprint density at radius 3 is 2.71 bits per heavy atom. The highest BCUT2D eigenvalue weighted by molar-refractivity contribution is 5.93. The Bertz CT molecular complexity index is 613. The predicted octanol–water partition coefficient (Wildman–Crippen LogP) is 2.37. The van der Waals surface area contributed by atoms with Gasteiger partial charge < -0.3 is 10.6 Å². The number of amides is 1. The molecule has 0 aliphatic heterocycles. The van der Waals surface area contributed by atoms with Crippen LogP contribution in [0.25, 0.3) is 0 Å². The molecule has 0 spiro atoms. The molecule has 110 valence electrons. The van der Waals surface area contributed by atoms with E-state index in [0.717, 1.165) is 0 Å². The Morgan fingerprint density at radius 2 is 2.10 bits per heavy atom. The highest BCUT2D eigenvalue weighted by atomic mass is 19.1. The molecule has 0 saturated carbocycles. The molecular formula is C15H17FN4O. The van der Waals surface area contributed by atoms with Crippen LogP contribution in [0.15, 0.2) is 36.5 Å². The molecule has 0 fully saturated rings. The average molecular weight is 288 g/mol. The maximum Gasteiger partial charge on any atom is 0.253 e. The first-order valence-electron chi connectivity index (χ1n) is 6.67. The first kappa shape index (κ1) is 14.9. The van der Waals surface area contributed by atoms with Crippen molar-refractivity contribution in [2.45, 2.75) is 26.4 Å². The minimum atomic E-state index is -0.562. The van der Waals surface area contributed by atoms with Gasteiger partial charge in [-0.15, -0.1) is 0 Å². The number of carbonyl (C=O) groups excluding carboxylic acids is 1. The summed E-state index contributed by atoms with van der Waals surface area (Å²) in [6.07, 6.45) is 1.50. The number of hydrogen-bond acceptors (Lipinski definition) is 4. The molecule has 0 aromatic carbocycles. The van der Waals surface area contributed by atoms with Crippen LogP contribution in [0.2, 0.25) is 0 Å². The molecule has 0 saturated heterocycles. The first-order chi connectivity index (χ1) is 10.0. The van der Waals surface area contributed by atoms with Crippen LogP contribution in [0, 0.1) is 5.95 Å². The summed E-state index contributed by atoms with van der Waals surface area (Å²) < 4.78 is 12.9. The molecule has 2 heterocycles. The first-order valence-corrected chi connectivity index (χ1v) is 6.67. The van der Waals surface area contributed by atoms with Gasteiger partial charge in [0.2, 0.25) is 5.95 Å². The smallest absolute Gasteiger partial charge is 0.253 e. The molecule has 1 amide bonds. The second kappa shape index (κ2) is 6.78. The number of nitrogens with zero attached hydrogens (tertiary/aromatic N) is 2. The third-order valence-electron chi connectivity index (χ3n) is 2.67. The van der Waals surface area contributed by atoms with Gasteiger partial charge in [0.15, 0.2) is 0 Å². The van der Waals surface area contributed by atoms with Gasteiger partial charge >= 0.3 is 0 Å². The summed E-state index contributed by atoms with van der Waals surface area (Å²) in [5.74, 6) is -0.120. The number of halogens is 1. The second-order valence-electron chi connectivity index (χ2n) is 4.87. The minimum Gasteiger partial charge on any atom is -0.368 e. The molecule has 0 atom stereocenters. The number of anilines is 1. The molecule has 21 heavy (non-hydrogen) atoms. The number of nitrogens with one attached hydrogen (secondary N) is 2. The summed E-state index contributed by atoms with van der Waals surface area (Å²) in [5, 5.41) is 5.81. The second-order valence-corrected chi connectivity index (χ2v) is 4.87. The summed E-state index contributed by atoms with van der Waals surface area (Å²) in [7, 11) is 0. The molecular weight excluding hydrogens is 271 g/mol. The van der Waals surface area contributed by atoms with Gasteiger partial charge in [0.25, 0.3) is 5.91 Å². The largest absolute Gasteiger partial charge is 0.368 e. The van der Waals surface area contributed by atoms with E-state index in [1.165, 1.54) is 12.3 Å². The lowest BCUT2D eigenvalue weighted by Crippen LogP contribution is -2.23. The lowest BCUT2D eigenvalue weighted by Gasteiger charge is -2.09. The van der Waals surface area contributed by atoms with E-state index in [4.69, 9.17) is 0 Å². The number of aromatic nitrogens is 2. The number of carbonyl (C=O) groups is 1. The summed E-state index contributed by atoms with van der Waals surface area (Å²) >= 11 is 0. The van der Waals surface area contributed by atoms with Crippen molar-refractivity contribution < 1.29 is 9.18 Å². The Labute approximate surface area is 122 Å². The van der Waals surface area contributed by atoms with Crippen molar-refractivity contribution in [1.29, 1.82) is 0 Å². The van der Waals surface area contributed by atoms with Crippen molar-refractivity contribution in [3.05, 3.63) is 53.7 Å². The van der Waals surface area contributed by atoms with Gasteiger partial charge in [0, 0.05) is 12.2 Å². The quantitative estimate of drug-likeness (QED) is 0.829. The highest BCUT2D eigenvalue weighted by Gasteiger charge is 2.07. The van der Waals surface area contributed by atoms with E-state index in [2.05, 4.69) is 20.6 Å². The van der Waals surface area contributed by atoms with Gasteiger partial charge in [0.1, 0.15) is 5.82 Å². The summed E-state index contributed by atoms with van der Waals surface area (Å²) in [6, 6.07) is 8.17. The Kier molecular flexibility index (Phi) is 4.81. The average Bonchev–Trinajstić information content (AvgIpc) is 2.45. The SMILES string of the molecule is CC(C)Nc1ccc(C(=O)NCc2cccc(F)n2)cn1. The van der Waals surface area contributed by atoms with Gasteiger partial charge in [-0.05, 0) is 38.1 Å². The molecule has 5 nitrogen and oxygen atoms in total. The van der Waals surface area contributed by atoms with Gasteiger partial charge in [-0.3, -0.25) is 4.79 Å². The van der Waals surface area contributed by atoms with Crippen molar-refractivity contribution in [3.8, 4) is 0 Å². The van der Waals surface area contributed by atoms with Crippen LogP contribution >= 0.6 is 0 Å². The maximum absolute atomic E-state index is 12.9. The molecule has 0 bridgehead atoms. The van der Waals surface area contributed by atoms with E-state index in [1.54, 1.807) is 24.3 Å². The molecule has 2 aromatic rings. The highest BCUT2D eigenvalue weighted by Crippen LogP contribution is 2.07. The zero-order valence-electron chi connectivity index (χ0n) is 11.9. The van der Waals surface area contributed by atoms with Crippen molar-refractivity contribution in [2.75, 3.05) is 5.32 Å². The van der Waals surface area contributed by atoms with Gasteiger partial charge in [-0.2, -0.15) is 4.39 Å². The van der Waals surface area contributed by atoms with E-state index in [0.29, 0.717) is 17.1 Å². The zero-order chi connectivity index (χ0) is 15.2. The van der Waals surface area contributed by atoms with Crippen LogP contribution in [-0.2, 0) is 6.54 Å². The zero-order valence-corrected chi connectivity index (χ0v) is 11.9. The van der Waals surface area contributed by atoms with E-state index in [9.17, 15) is 9.18 Å². The van der Waals surface area contributed by atoms with Crippen LogP contribution in [0.4, 0.5) is 10.2 Å². The van der Waals surface area contributed by atoms with Crippen molar-refractivity contribution >= 4 is 11.7 Å². The van der Waals surface area contributed by atoms with Crippen molar-refractivity contribution in [3.63, 3.8) is 0 Å². The van der Waals surface area contributed by atoms with Gasteiger partial charge in [-0.1, -0.05) is 6.07 Å². The van der Waals surface area contributed by atoms with Gasteiger partial charge in [-0.25, -0.2) is 9.97 Å². The molecule has 2 rings (SSSR count). The maximum atomic E-state index is 12.9. The molecule has 0 unspecified atom stereocenters. The molecule has 0 aliphatic carbocycles. The molecule has 6 heteroatoms. The number of rotatable bonds is 5. The van der Waals surface area contributed by atoms with Crippen LogP contribution in [-0.4, -0.2) is 21.9 Å². The summed E-state index contributed by atoms with van der Waals surface area (Å²) in [4.78, 5) is 19.8. The molecule has 0 aliphatic rings. The van der Waals surface area contributed by atoms with E-state index in [1.807, 2.05) is 13.8 Å². The Morgan fingerprint density at radius 1 is 1.29 bits per heavy atom. The van der Waals surface area contributed by atoms with Gasteiger partial charge in [0.05, 0.1) is 17.8 Å². The van der Waals surface area contributed by atoms with Crippen molar-refractivity contribution in [2.24, 2.45) is 0 Å². The summed E-state index contributed by atoms with van der Waals surface area (Å²) in [6.45, 7) is 4.19. The number of hydrogen-bond donors (Lipinski definition) is 2. The molecule has 0 radical (unpaired) electrons. The summed E-state index contributed by atoms with van der Waals surface area (Å²) in [5.41, 5.74) is 0.912. The van der Waals surface area contributed by atoms with E-state index < -0.39 is 5.95 Å². The van der Waals surface area contributed by atoms with Crippen molar-refractivity contribution in [1.82, 2.24) is 15.3 Å². The molecule has 2 N–H and O–H groups in total. The third-order valence-corrected chi connectivity index (χ3v) is 2.67. The van der Waals surface area contributed by atoms with Crippen LogP contribution in [0.1, 0.15) is 29.9 Å². The predicted molar refractivity (Wildman–Crippen MR) is 78.4 cm³/mol. The van der Waals surface area contributed by atoms with E-state index in [-0.39, 0.29) is 18.5 Å². The fraction of sp³-hybridized carbons (Fsp3) is 0.267. The normalized spacial score (nSPS) is 10.5. The lowest BCUT2D eigenvalue weighted by molar-refractivity contribution is 0.0950. The van der Waals surface area contributed by atoms with E-state index >= 15 is 0 Å². The fourth-order valence-corrected chi connectivity index (χ4v) is 1.73. The van der Waals surface area contributed by atoms with Crippen LogP contribution < -0.4 is 10.6 Å². The number of pyridine rings is 2. The molecule has 2 aromatic heterocycles. The monoisotopic (exact) mass is 288 g/mol. The third kappa shape index (κ3) is 4.52. The topological polar surface area (TPSA) is 66.9 Å². The van der Waals surface area contributed by atoms with Crippen LogP contribution in [0.3, 0.4) is 0 Å².